The summed E-state index contributed by atoms with van der Waals surface area (Å²) in [6.07, 6.45) is 0.366. The lowest BCUT2D eigenvalue weighted by Crippen LogP contribution is -2.38. The lowest BCUT2D eigenvalue weighted by Gasteiger charge is -2.23. The van der Waals surface area contributed by atoms with Crippen LogP contribution in [0.15, 0.2) is 63.8 Å². The van der Waals surface area contributed by atoms with Gasteiger partial charge in [0.25, 0.3) is 5.24 Å². The van der Waals surface area contributed by atoms with Crippen LogP contribution in [0.5, 0.6) is 11.5 Å². The van der Waals surface area contributed by atoms with Crippen LogP contribution in [-0.4, -0.2) is 53.6 Å². The summed E-state index contributed by atoms with van der Waals surface area (Å²) in [6, 6.07) is 16.9. The number of phenolic OH excluding ortho intramolecular Hbond substituents is 1. The minimum absolute atomic E-state index is 0.0935. The van der Waals surface area contributed by atoms with Gasteiger partial charge in [-0.15, -0.1) is 0 Å². The molecule has 0 spiro atoms. The zero-order chi connectivity index (χ0) is 25.8. The predicted octanol–water partition coefficient (Wildman–Crippen LogP) is 3.64. The Morgan fingerprint density at radius 2 is 1.83 bits per heavy atom. The number of anilines is 1. The molecule has 1 N–H and O–H groups in total. The molecular formula is C26H23N3O6S. The number of carbonyl (C=O) groups is 2. The number of methoxy groups -OCH3 is 1. The summed E-state index contributed by atoms with van der Waals surface area (Å²) in [5.41, 5.74) is 0.877. The third-order valence-electron chi connectivity index (χ3n) is 5.85. The van der Waals surface area contributed by atoms with E-state index in [9.17, 15) is 24.8 Å². The average molecular weight is 506 g/mol. The summed E-state index contributed by atoms with van der Waals surface area (Å²) in [4.78, 5) is 40.8. The Balaban J connectivity index is 1.49. The zero-order valence-electron chi connectivity index (χ0n) is 19.6. The van der Waals surface area contributed by atoms with Crippen LogP contribution in [0.25, 0.3) is 11.3 Å². The maximum Gasteiger partial charge on any atom is 0.356 e. The number of hydrogen-bond acceptors (Lipinski definition) is 9. The summed E-state index contributed by atoms with van der Waals surface area (Å²) in [5, 5.41) is 18.1. The first-order valence-electron chi connectivity index (χ1n) is 11.0. The van der Waals surface area contributed by atoms with Gasteiger partial charge in [0.05, 0.1) is 18.0 Å². The van der Waals surface area contributed by atoms with Crippen LogP contribution in [0.1, 0.15) is 11.1 Å². The fourth-order valence-electron chi connectivity index (χ4n) is 3.83. The fourth-order valence-corrected chi connectivity index (χ4v) is 4.89. The monoisotopic (exact) mass is 505 g/mol. The largest absolute Gasteiger partial charge is 0.508 e. The van der Waals surface area contributed by atoms with Crippen LogP contribution >= 0.6 is 11.8 Å². The van der Waals surface area contributed by atoms with Crippen LogP contribution in [0.4, 0.5) is 10.5 Å². The number of likely N-dealkylation sites (N-methyl/N-ethyl adjacent to an activating group) is 1. The maximum absolute atomic E-state index is 12.9. The number of aromatic hydroxyl groups is 1. The van der Waals surface area contributed by atoms with Crippen molar-refractivity contribution in [2.45, 2.75) is 11.7 Å². The molecule has 9 nitrogen and oxygen atoms in total. The molecular weight excluding hydrogens is 482 g/mol. The van der Waals surface area contributed by atoms with E-state index in [1.165, 1.54) is 17.0 Å². The second-order valence-electron chi connectivity index (χ2n) is 8.15. The van der Waals surface area contributed by atoms with E-state index in [1.54, 1.807) is 61.5 Å². The van der Waals surface area contributed by atoms with Gasteiger partial charge >= 0.3 is 5.63 Å². The Labute approximate surface area is 211 Å². The van der Waals surface area contributed by atoms with Crippen molar-refractivity contribution in [2.75, 3.05) is 32.1 Å². The van der Waals surface area contributed by atoms with E-state index in [1.807, 2.05) is 6.07 Å². The molecule has 1 unspecified atom stereocenters. The molecule has 1 aliphatic rings. The quantitative estimate of drug-likeness (QED) is 0.489. The van der Waals surface area contributed by atoms with E-state index >= 15 is 0 Å². The normalized spacial score (nSPS) is 15.1. The number of rotatable bonds is 8. The third-order valence-corrected chi connectivity index (χ3v) is 6.92. The standard InChI is InChI=1S/C26H23N3O6S/c1-28(11-12-29-24(31)23(36-26(29)33)13-16-3-7-18(30)8-4-16)21-14-22(35-25(32)20(21)15-27)17-5-9-19(34-2)10-6-17/h3-10,14,23,30H,11-13H2,1-2H3. The Morgan fingerprint density at radius 1 is 1.14 bits per heavy atom. The molecule has 3 aromatic rings. The van der Waals surface area contributed by atoms with Gasteiger partial charge in [0.1, 0.15) is 23.3 Å². The molecule has 0 aliphatic carbocycles. The molecule has 1 aliphatic heterocycles. The van der Waals surface area contributed by atoms with Crippen LogP contribution in [0, 0.1) is 11.3 Å². The first-order chi connectivity index (χ1) is 17.3. The van der Waals surface area contributed by atoms with Gasteiger partial charge in [0, 0.05) is 31.8 Å². The van der Waals surface area contributed by atoms with Crippen LogP contribution in [-0.2, 0) is 11.2 Å². The van der Waals surface area contributed by atoms with E-state index in [0.717, 1.165) is 17.3 Å². The SMILES string of the molecule is COc1ccc(-c2cc(N(C)CCN3C(=O)SC(Cc4ccc(O)cc4)C3=O)c(C#N)c(=O)o2)cc1. The minimum Gasteiger partial charge on any atom is -0.508 e. The summed E-state index contributed by atoms with van der Waals surface area (Å²) in [6.45, 7) is 0.306. The molecule has 0 radical (unpaired) electrons. The molecule has 2 heterocycles. The highest BCUT2D eigenvalue weighted by atomic mass is 32.2. The Bertz CT molecular complexity index is 1380. The number of phenols is 1. The minimum atomic E-state index is -0.773. The second kappa shape index (κ2) is 10.6. The van der Waals surface area contributed by atoms with Crippen LogP contribution in [0.2, 0.25) is 0 Å². The van der Waals surface area contributed by atoms with Gasteiger partial charge < -0.3 is 19.2 Å². The molecule has 2 aromatic carbocycles. The van der Waals surface area contributed by atoms with Gasteiger partial charge in [-0.05, 0) is 48.4 Å². The Hall–Kier alpha value is -4.23. The highest BCUT2D eigenvalue weighted by Gasteiger charge is 2.39. The molecule has 36 heavy (non-hydrogen) atoms. The van der Waals surface area contributed by atoms with Crippen molar-refractivity contribution < 1.29 is 23.8 Å². The third kappa shape index (κ3) is 5.21. The number of benzene rings is 2. The van der Waals surface area contributed by atoms with Crippen molar-refractivity contribution in [2.24, 2.45) is 0 Å². The van der Waals surface area contributed by atoms with Gasteiger partial charge in [-0.2, -0.15) is 5.26 Å². The fraction of sp³-hybridized carbons (Fsp3) is 0.231. The van der Waals surface area contributed by atoms with E-state index in [0.29, 0.717) is 23.4 Å². The molecule has 10 heteroatoms. The predicted molar refractivity (Wildman–Crippen MR) is 135 cm³/mol. The first-order valence-corrected chi connectivity index (χ1v) is 11.9. The summed E-state index contributed by atoms with van der Waals surface area (Å²) in [5.74, 6) is 0.764. The zero-order valence-corrected chi connectivity index (χ0v) is 20.4. The summed E-state index contributed by atoms with van der Waals surface area (Å²) < 4.78 is 10.5. The number of imide groups is 1. The molecule has 1 fully saturated rings. The number of hydrogen-bond donors (Lipinski definition) is 1. The molecule has 0 bridgehead atoms. The lowest BCUT2D eigenvalue weighted by atomic mass is 10.1. The molecule has 1 saturated heterocycles. The average Bonchev–Trinajstić information content (AvgIpc) is 3.15. The summed E-state index contributed by atoms with van der Waals surface area (Å²) in [7, 11) is 3.23. The van der Waals surface area contributed by atoms with E-state index in [4.69, 9.17) is 9.15 Å². The number of thioether (sulfide) groups is 1. The van der Waals surface area contributed by atoms with Gasteiger partial charge in [-0.1, -0.05) is 23.9 Å². The van der Waals surface area contributed by atoms with Crippen molar-refractivity contribution in [3.8, 4) is 28.9 Å². The maximum atomic E-state index is 12.9. The molecule has 184 valence electrons. The lowest BCUT2D eigenvalue weighted by molar-refractivity contribution is -0.126. The van der Waals surface area contributed by atoms with Crippen molar-refractivity contribution in [3.05, 3.63) is 76.1 Å². The number of carbonyl (C=O) groups excluding carboxylic acids is 2. The van der Waals surface area contributed by atoms with Crippen molar-refractivity contribution >= 4 is 28.6 Å². The number of ether oxygens (including phenoxy) is 1. The first kappa shape index (κ1) is 24.9. The van der Waals surface area contributed by atoms with Gasteiger partial charge in [0.15, 0.2) is 5.56 Å². The van der Waals surface area contributed by atoms with E-state index in [2.05, 4.69) is 0 Å². The van der Waals surface area contributed by atoms with E-state index < -0.39 is 10.9 Å². The number of nitrogens with zero attached hydrogens (tertiary/aromatic N) is 3. The van der Waals surface area contributed by atoms with Gasteiger partial charge in [-0.3, -0.25) is 14.5 Å². The van der Waals surface area contributed by atoms with Crippen LogP contribution in [0.3, 0.4) is 0 Å². The smallest absolute Gasteiger partial charge is 0.356 e. The number of nitriles is 1. The molecule has 0 saturated carbocycles. The highest BCUT2D eigenvalue weighted by molar-refractivity contribution is 8.15. The Kier molecular flexibility index (Phi) is 7.31. The van der Waals surface area contributed by atoms with Gasteiger partial charge in [-0.25, -0.2) is 4.79 Å². The molecule has 1 aromatic heterocycles. The van der Waals surface area contributed by atoms with Crippen molar-refractivity contribution in [1.82, 2.24) is 4.90 Å². The molecule has 4 rings (SSSR count). The molecule has 1 atom stereocenters. The summed E-state index contributed by atoms with van der Waals surface area (Å²) >= 11 is 0.970. The van der Waals surface area contributed by atoms with E-state index in [-0.39, 0.29) is 41.3 Å². The molecule has 2 amide bonds. The van der Waals surface area contributed by atoms with Gasteiger partial charge in [0.2, 0.25) is 5.91 Å². The van der Waals surface area contributed by atoms with Crippen molar-refractivity contribution in [1.29, 1.82) is 5.26 Å². The highest BCUT2D eigenvalue weighted by Crippen LogP contribution is 2.31. The van der Waals surface area contributed by atoms with Crippen LogP contribution < -0.4 is 15.3 Å². The second-order valence-corrected chi connectivity index (χ2v) is 9.31. The Morgan fingerprint density at radius 3 is 2.47 bits per heavy atom. The van der Waals surface area contributed by atoms with Crippen molar-refractivity contribution in [3.63, 3.8) is 0 Å². The number of amides is 2. The topological polar surface area (TPSA) is 124 Å².